The number of hydrogen-bond donors (Lipinski definition) is 1. The highest BCUT2D eigenvalue weighted by Gasteiger charge is 2.56. The molecule has 6 nitrogen and oxygen atoms in total. The van der Waals surface area contributed by atoms with Crippen molar-refractivity contribution in [2.24, 2.45) is 5.92 Å². The zero-order chi connectivity index (χ0) is 21.2. The first-order chi connectivity index (χ1) is 14.3. The third-order valence-electron chi connectivity index (χ3n) is 7.07. The number of urea groups is 1. The summed E-state index contributed by atoms with van der Waals surface area (Å²) >= 11 is 0. The number of carbonyl (C=O) groups excluding carboxylic acids is 3. The largest absolute Gasteiger partial charge is 0.325 e. The minimum absolute atomic E-state index is 0.180. The fourth-order valence-corrected chi connectivity index (χ4v) is 5.17. The first kappa shape index (κ1) is 19.1. The summed E-state index contributed by atoms with van der Waals surface area (Å²) < 4.78 is 2.09. The monoisotopic (exact) mass is 405 g/mol. The van der Waals surface area contributed by atoms with Gasteiger partial charge in [0.2, 0.25) is 0 Å². The lowest BCUT2D eigenvalue weighted by molar-refractivity contribution is -0.131. The summed E-state index contributed by atoms with van der Waals surface area (Å²) in [6.45, 7) is 5.46. The number of aromatic nitrogens is 1. The average molecular weight is 405 g/mol. The predicted octanol–water partition coefficient (Wildman–Crippen LogP) is 3.49. The Morgan fingerprint density at radius 2 is 1.87 bits per heavy atom. The van der Waals surface area contributed by atoms with E-state index in [4.69, 9.17) is 0 Å². The molecule has 0 unspecified atom stereocenters. The Kier molecular flexibility index (Phi) is 4.17. The van der Waals surface area contributed by atoms with E-state index in [0.29, 0.717) is 5.56 Å². The van der Waals surface area contributed by atoms with Gasteiger partial charge in [-0.05, 0) is 88.1 Å². The number of benzene rings is 1. The molecule has 30 heavy (non-hydrogen) atoms. The number of hydrogen-bond acceptors (Lipinski definition) is 3. The van der Waals surface area contributed by atoms with Gasteiger partial charge in [0.05, 0.1) is 6.54 Å². The van der Waals surface area contributed by atoms with Crippen molar-refractivity contribution in [3.63, 3.8) is 0 Å². The zero-order valence-electron chi connectivity index (χ0n) is 17.7. The average Bonchev–Trinajstić information content (AvgIpc) is 3.34. The number of nitrogens with one attached hydrogen (secondary N) is 1. The Balaban J connectivity index is 1.41. The topological polar surface area (TPSA) is 71.4 Å². The smallest absolute Gasteiger partial charge is 0.323 e. The molecular formula is C24H27N3O3. The molecule has 1 aliphatic heterocycles. The molecule has 1 aromatic heterocycles. The molecule has 156 valence electrons. The van der Waals surface area contributed by atoms with Crippen LogP contribution in [0.15, 0.2) is 24.3 Å². The maximum atomic E-state index is 13.1. The van der Waals surface area contributed by atoms with Gasteiger partial charge in [0.15, 0.2) is 5.78 Å². The van der Waals surface area contributed by atoms with Crippen molar-refractivity contribution in [1.29, 1.82) is 0 Å². The summed E-state index contributed by atoms with van der Waals surface area (Å²) in [4.78, 5) is 39.5. The number of carbonyl (C=O) groups is 3. The second-order valence-electron chi connectivity index (χ2n) is 9.15. The van der Waals surface area contributed by atoms with E-state index in [1.165, 1.54) is 17.5 Å². The maximum Gasteiger partial charge on any atom is 0.325 e. The summed E-state index contributed by atoms with van der Waals surface area (Å²) in [5, 5.41) is 2.81. The Bertz CT molecular complexity index is 1100. The first-order valence-corrected chi connectivity index (χ1v) is 10.8. The maximum absolute atomic E-state index is 13.1. The van der Waals surface area contributed by atoms with Gasteiger partial charge in [-0.1, -0.05) is 6.07 Å². The van der Waals surface area contributed by atoms with E-state index in [2.05, 4.69) is 28.1 Å². The van der Waals surface area contributed by atoms with Crippen LogP contribution in [0.3, 0.4) is 0 Å². The molecule has 1 saturated carbocycles. The molecule has 1 atom stereocenters. The van der Waals surface area contributed by atoms with Crippen LogP contribution in [-0.2, 0) is 17.6 Å². The second kappa shape index (κ2) is 6.56. The molecule has 1 aromatic carbocycles. The molecule has 1 saturated heterocycles. The summed E-state index contributed by atoms with van der Waals surface area (Å²) in [5.41, 5.74) is 5.36. The molecule has 1 N–H and O–H groups in total. The van der Waals surface area contributed by atoms with Gasteiger partial charge < -0.3 is 9.88 Å². The van der Waals surface area contributed by atoms with E-state index in [9.17, 15) is 14.4 Å². The normalized spacial score (nSPS) is 23.1. The number of imide groups is 1. The summed E-state index contributed by atoms with van der Waals surface area (Å²) in [6, 6.07) is 7.91. The van der Waals surface area contributed by atoms with Gasteiger partial charge in [-0.15, -0.1) is 0 Å². The Morgan fingerprint density at radius 3 is 2.60 bits per heavy atom. The highest BCUT2D eigenvalue weighted by atomic mass is 16.2. The number of rotatable bonds is 5. The SMILES string of the molecule is Cc1cc(C(=O)CN2C(=O)N[C@](C)(C3CC3)C2=O)c(C)n1-c1ccc2c(c1)CCC2. The van der Waals surface area contributed by atoms with Gasteiger partial charge in [0.1, 0.15) is 5.54 Å². The lowest BCUT2D eigenvalue weighted by atomic mass is 9.96. The van der Waals surface area contributed by atoms with Crippen LogP contribution in [0, 0.1) is 19.8 Å². The van der Waals surface area contributed by atoms with E-state index >= 15 is 0 Å². The number of ketones is 1. The quantitative estimate of drug-likeness (QED) is 0.611. The third-order valence-corrected chi connectivity index (χ3v) is 7.07. The van der Waals surface area contributed by atoms with E-state index in [1.54, 1.807) is 6.92 Å². The summed E-state index contributed by atoms with van der Waals surface area (Å²) in [7, 11) is 0. The van der Waals surface area contributed by atoms with Crippen LogP contribution >= 0.6 is 0 Å². The molecule has 0 bridgehead atoms. The summed E-state index contributed by atoms with van der Waals surface area (Å²) in [6.07, 6.45) is 5.30. The first-order valence-electron chi connectivity index (χ1n) is 10.8. The number of Topliss-reactive ketones (excluding diaryl/α,β-unsaturated/α-hetero) is 1. The predicted molar refractivity (Wildman–Crippen MR) is 113 cm³/mol. The molecular weight excluding hydrogens is 378 g/mol. The molecule has 3 aliphatic rings. The lowest BCUT2D eigenvalue weighted by Gasteiger charge is -2.20. The van der Waals surface area contributed by atoms with Gasteiger partial charge >= 0.3 is 6.03 Å². The van der Waals surface area contributed by atoms with Crippen LogP contribution in [0.4, 0.5) is 4.79 Å². The fourth-order valence-electron chi connectivity index (χ4n) is 5.17. The van der Waals surface area contributed by atoms with E-state index in [0.717, 1.165) is 47.7 Å². The van der Waals surface area contributed by atoms with Crippen molar-refractivity contribution in [2.45, 2.75) is 58.4 Å². The standard InChI is InChI=1S/C24H27N3O3/c1-14-11-20(15(2)27(14)19-10-7-16-5-4-6-17(16)12-19)21(28)13-26-22(29)24(3,18-8-9-18)25-23(26)30/h7,10-12,18H,4-6,8-9,13H2,1-3H3,(H,25,30)/t24-/m1/s1. The van der Waals surface area contributed by atoms with Crippen molar-refractivity contribution >= 4 is 17.7 Å². The minimum atomic E-state index is -0.862. The number of aryl methyl sites for hydroxylation is 3. The van der Waals surface area contributed by atoms with Gasteiger partial charge in [-0.3, -0.25) is 14.5 Å². The van der Waals surface area contributed by atoms with Crippen LogP contribution in [0.2, 0.25) is 0 Å². The fraction of sp³-hybridized carbons (Fsp3) is 0.458. The molecule has 3 amide bonds. The van der Waals surface area contributed by atoms with Crippen LogP contribution in [0.5, 0.6) is 0 Å². The van der Waals surface area contributed by atoms with Gasteiger partial charge in [0, 0.05) is 22.6 Å². The third kappa shape index (κ3) is 2.81. The van der Waals surface area contributed by atoms with Crippen molar-refractivity contribution in [3.8, 4) is 5.69 Å². The Morgan fingerprint density at radius 1 is 1.13 bits per heavy atom. The number of nitrogens with zero attached hydrogens (tertiary/aromatic N) is 2. The molecule has 0 spiro atoms. The van der Waals surface area contributed by atoms with Crippen LogP contribution < -0.4 is 5.32 Å². The molecule has 2 aromatic rings. The molecule has 2 fully saturated rings. The minimum Gasteiger partial charge on any atom is -0.323 e. The number of amides is 3. The molecule has 2 aliphatic carbocycles. The Hall–Kier alpha value is -2.89. The zero-order valence-corrected chi connectivity index (χ0v) is 17.7. The van der Waals surface area contributed by atoms with E-state index in [1.807, 2.05) is 19.9 Å². The van der Waals surface area contributed by atoms with Gasteiger partial charge in [-0.25, -0.2) is 4.79 Å². The van der Waals surface area contributed by atoms with Crippen molar-refractivity contribution in [3.05, 3.63) is 52.3 Å². The van der Waals surface area contributed by atoms with Crippen molar-refractivity contribution in [1.82, 2.24) is 14.8 Å². The molecule has 0 radical (unpaired) electrons. The highest BCUT2D eigenvalue weighted by molar-refractivity contribution is 6.11. The van der Waals surface area contributed by atoms with Crippen LogP contribution in [0.25, 0.3) is 5.69 Å². The molecule has 2 heterocycles. The summed E-state index contributed by atoms with van der Waals surface area (Å²) in [5.74, 6) is -0.311. The van der Waals surface area contributed by atoms with Crippen LogP contribution in [-0.4, -0.2) is 39.3 Å². The van der Waals surface area contributed by atoms with Crippen molar-refractivity contribution < 1.29 is 14.4 Å². The van der Waals surface area contributed by atoms with E-state index < -0.39 is 11.6 Å². The van der Waals surface area contributed by atoms with Crippen molar-refractivity contribution in [2.75, 3.05) is 6.54 Å². The van der Waals surface area contributed by atoms with Gasteiger partial charge in [-0.2, -0.15) is 0 Å². The van der Waals surface area contributed by atoms with Gasteiger partial charge in [0.25, 0.3) is 5.91 Å². The highest BCUT2D eigenvalue weighted by Crippen LogP contribution is 2.42. The van der Waals surface area contributed by atoms with E-state index in [-0.39, 0.29) is 24.2 Å². The number of fused-ring (bicyclic) bond motifs is 1. The molecule has 5 rings (SSSR count). The second-order valence-corrected chi connectivity index (χ2v) is 9.15. The molecule has 6 heteroatoms. The van der Waals surface area contributed by atoms with Crippen LogP contribution in [0.1, 0.15) is 59.1 Å². The lowest BCUT2D eigenvalue weighted by Crippen LogP contribution is -2.46. The Labute approximate surface area is 176 Å².